The molecule has 1 aromatic rings. The van der Waals surface area contributed by atoms with Crippen LogP contribution in [0.5, 0.6) is 0 Å². The van der Waals surface area contributed by atoms with Crippen molar-refractivity contribution < 1.29 is 14.3 Å². The molecule has 158 valence electrons. The molecule has 3 aliphatic rings. The van der Waals surface area contributed by atoms with Gasteiger partial charge < -0.3 is 21.1 Å². The minimum atomic E-state index is -0.517. The first-order chi connectivity index (χ1) is 13.7. The number of carbonyl (C=O) groups is 2. The smallest absolute Gasteiger partial charge is 0.408 e. The molecule has 6 nitrogen and oxygen atoms in total. The highest BCUT2D eigenvalue weighted by molar-refractivity contribution is 5.95. The standard InChI is InChI=1S/C23H33N3O3/c1-23(2,3)29-22(28)26-18-11-8-15-12-16(9-10-17(15)18)25-21(27)20(24)19(13-4-5-13)14-6-7-14/h9-10,12-14,18-20H,4-8,11,24H2,1-3H3,(H,25,27)(H,26,28)/t18-,20+/m1/s1. The molecule has 2 amide bonds. The number of anilines is 1. The van der Waals surface area contributed by atoms with Gasteiger partial charge in [0.25, 0.3) is 0 Å². The average molecular weight is 400 g/mol. The molecule has 2 saturated carbocycles. The number of fused-ring (bicyclic) bond motifs is 1. The fourth-order valence-corrected chi connectivity index (χ4v) is 4.63. The predicted molar refractivity (Wildman–Crippen MR) is 112 cm³/mol. The highest BCUT2D eigenvalue weighted by Gasteiger charge is 2.46. The van der Waals surface area contributed by atoms with Crippen LogP contribution in [0.1, 0.15) is 70.0 Å². The Morgan fingerprint density at radius 3 is 2.34 bits per heavy atom. The summed E-state index contributed by atoms with van der Waals surface area (Å²) in [7, 11) is 0. The molecule has 0 aliphatic heterocycles. The zero-order chi connectivity index (χ0) is 20.8. The first-order valence-electron chi connectivity index (χ1n) is 10.9. The van der Waals surface area contributed by atoms with Gasteiger partial charge in [-0.1, -0.05) is 6.07 Å². The Morgan fingerprint density at radius 1 is 1.10 bits per heavy atom. The highest BCUT2D eigenvalue weighted by Crippen LogP contribution is 2.50. The second kappa shape index (κ2) is 7.63. The zero-order valence-corrected chi connectivity index (χ0v) is 17.7. The minimum absolute atomic E-state index is 0.0547. The molecule has 29 heavy (non-hydrogen) atoms. The van der Waals surface area contributed by atoms with Crippen LogP contribution in [0, 0.1) is 17.8 Å². The Kier molecular flexibility index (Phi) is 5.32. The summed E-state index contributed by atoms with van der Waals surface area (Å²) in [6.45, 7) is 5.56. The van der Waals surface area contributed by atoms with Crippen molar-refractivity contribution in [1.29, 1.82) is 0 Å². The lowest BCUT2D eigenvalue weighted by atomic mass is 9.89. The summed E-state index contributed by atoms with van der Waals surface area (Å²) >= 11 is 0. The quantitative estimate of drug-likeness (QED) is 0.676. The largest absolute Gasteiger partial charge is 0.444 e. The van der Waals surface area contributed by atoms with Crippen LogP contribution in [0.25, 0.3) is 0 Å². The van der Waals surface area contributed by atoms with E-state index in [1.807, 2.05) is 39.0 Å². The summed E-state index contributed by atoms with van der Waals surface area (Å²) in [5, 5.41) is 5.98. The topological polar surface area (TPSA) is 93.5 Å². The first kappa shape index (κ1) is 20.2. The van der Waals surface area contributed by atoms with Gasteiger partial charge in [-0.05, 0) is 100 Å². The van der Waals surface area contributed by atoms with E-state index in [4.69, 9.17) is 10.5 Å². The molecule has 4 rings (SSSR count). The van der Waals surface area contributed by atoms with Gasteiger partial charge in [0.1, 0.15) is 5.60 Å². The number of benzene rings is 1. The number of alkyl carbamates (subject to hydrolysis) is 1. The Labute approximate surface area is 172 Å². The Balaban J connectivity index is 1.37. The predicted octanol–water partition coefficient (Wildman–Crippen LogP) is 3.90. The van der Waals surface area contributed by atoms with E-state index in [1.54, 1.807) is 0 Å². The lowest BCUT2D eigenvalue weighted by molar-refractivity contribution is -0.118. The van der Waals surface area contributed by atoms with Crippen LogP contribution < -0.4 is 16.4 Å². The molecule has 3 aliphatic carbocycles. The van der Waals surface area contributed by atoms with E-state index in [-0.39, 0.29) is 11.9 Å². The Hall–Kier alpha value is -2.08. The molecule has 2 fully saturated rings. The molecule has 0 bridgehead atoms. The van der Waals surface area contributed by atoms with E-state index in [1.165, 1.54) is 25.7 Å². The van der Waals surface area contributed by atoms with E-state index in [0.29, 0.717) is 17.8 Å². The minimum Gasteiger partial charge on any atom is -0.444 e. The second-order valence-electron chi connectivity index (χ2n) is 9.92. The molecule has 6 heteroatoms. The van der Waals surface area contributed by atoms with Gasteiger partial charge >= 0.3 is 6.09 Å². The number of hydrogen-bond donors (Lipinski definition) is 3. The van der Waals surface area contributed by atoms with Crippen LogP contribution in [0.3, 0.4) is 0 Å². The first-order valence-corrected chi connectivity index (χ1v) is 10.9. The number of carbonyl (C=O) groups excluding carboxylic acids is 2. The van der Waals surface area contributed by atoms with Crippen molar-refractivity contribution in [1.82, 2.24) is 5.32 Å². The molecule has 0 aromatic heterocycles. The number of aryl methyl sites for hydroxylation is 1. The molecular formula is C23H33N3O3. The summed E-state index contributed by atoms with van der Waals surface area (Å²) in [6.07, 6.45) is 6.15. The summed E-state index contributed by atoms with van der Waals surface area (Å²) in [5.41, 5.74) is 8.87. The third-order valence-electron chi connectivity index (χ3n) is 6.23. The van der Waals surface area contributed by atoms with Gasteiger partial charge in [0.05, 0.1) is 12.1 Å². The lowest BCUT2D eigenvalue weighted by Gasteiger charge is -2.23. The van der Waals surface area contributed by atoms with Crippen molar-refractivity contribution in [2.75, 3.05) is 5.32 Å². The number of amides is 2. The number of rotatable bonds is 6. The molecule has 0 saturated heterocycles. The Morgan fingerprint density at radius 2 is 1.76 bits per heavy atom. The summed E-state index contributed by atoms with van der Waals surface area (Å²) < 4.78 is 5.37. The SMILES string of the molecule is CC(C)(C)OC(=O)N[C@@H]1CCc2cc(NC(=O)[C@@H](N)C(C3CC3)C3CC3)ccc21. The normalized spacial score (nSPS) is 22.2. The fraction of sp³-hybridized carbons (Fsp3) is 0.652. The van der Waals surface area contributed by atoms with Crippen LogP contribution in [-0.4, -0.2) is 23.6 Å². The van der Waals surface area contributed by atoms with Crippen molar-refractivity contribution in [2.45, 2.75) is 77.0 Å². The number of nitrogens with two attached hydrogens (primary N) is 1. The van der Waals surface area contributed by atoms with Crippen molar-refractivity contribution in [3.05, 3.63) is 29.3 Å². The number of ether oxygens (including phenoxy) is 1. The molecule has 0 heterocycles. The van der Waals surface area contributed by atoms with Crippen LogP contribution in [0.4, 0.5) is 10.5 Å². The van der Waals surface area contributed by atoms with Gasteiger partial charge in [0, 0.05) is 5.69 Å². The van der Waals surface area contributed by atoms with Gasteiger partial charge in [-0.15, -0.1) is 0 Å². The van der Waals surface area contributed by atoms with E-state index in [0.717, 1.165) is 29.7 Å². The van der Waals surface area contributed by atoms with Gasteiger partial charge in [0.2, 0.25) is 5.91 Å². The lowest BCUT2D eigenvalue weighted by Crippen LogP contribution is -2.43. The maximum Gasteiger partial charge on any atom is 0.408 e. The molecule has 1 aromatic carbocycles. The summed E-state index contributed by atoms with van der Waals surface area (Å²) in [6, 6.07) is 5.43. The van der Waals surface area contributed by atoms with Crippen molar-refractivity contribution in [3.63, 3.8) is 0 Å². The van der Waals surface area contributed by atoms with Crippen LogP contribution in [-0.2, 0) is 16.0 Å². The van der Waals surface area contributed by atoms with E-state index >= 15 is 0 Å². The molecule has 0 unspecified atom stereocenters. The molecule has 0 radical (unpaired) electrons. The maximum absolute atomic E-state index is 12.8. The van der Waals surface area contributed by atoms with Gasteiger partial charge in [-0.2, -0.15) is 0 Å². The molecular weight excluding hydrogens is 366 g/mol. The number of hydrogen-bond acceptors (Lipinski definition) is 4. The van der Waals surface area contributed by atoms with Crippen molar-refractivity contribution in [3.8, 4) is 0 Å². The van der Waals surface area contributed by atoms with E-state index in [9.17, 15) is 9.59 Å². The third-order valence-corrected chi connectivity index (χ3v) is 6.23. The van der Waals surface area contributed by atoms with Gasteiger partial charge in [-0.3, -0.25) is 4.79 Å². The van der Waals surface area contributed by atoms with E-state index in [2.05, 4.69) is 10.6 Å². The fourth-order valence-electron chi connectivity index (χ4n) is 4.63. The monoisotopic (exact) mass is 399 g/mol. The molecule has 0 spiro atoms. The average Bonchev–Trinajstić information content (AvgIpc) is 3.54. The van der Waals surface area contributed by atoms with Gasteiger partial charge in [0.15, 0.2) is 0 Å². The van der Waals surface area contributed by atoms with Crippen molar-refractivity contribution in [2.24, 2.45) is 23.5 Å². The van der Waals surface area contributed by atoms with Crippen LogP contribution >= 0.6 is 0 Å². The summed E-state index contributed by atoms with van der Waals surface area (Å²) in [4.78, 5) is 24.8. The van der Waals surface area contributed by atoms with Crippen LogP contribution in [0.15, 0.2) is 18.2 Å². The highest BCUT2D eigenvalue weighted by atomic mass is 16.6. The molecule has 4 N–H and O–H groups in total. The van der Waals surface area contributed by atoms with Gasteiger partial charge in [-0.25, -0.2) is 4.79 Å². The van der Waals surface area contributed by atoms with E-state index < -0.39 is 17.7 Å². The van der Waals surface area contributed by atoms with Crippen molar-refractivity contribution >= 4 is 17.7 Å². The summed E-state index contributed by atoms with van der Waals surface area (Å²) in [5.74, 6) is 1.55. The molecule has 2 atom stereocenters. The zero-order valence-electron chi connectivity index (χ0n) is 17.7. The third kappa shape index (κ3) is 4.92. The number of nitrogens with one attached hydrogen (secondary N) is 2. The Bertz CT molecular complexity index is 781. The van der Waals surface area contributed by atoms with Crippen LogP contribution in [0.2, 0.25) is 0 Å². The maximum atomic E-state index is 12.8. The second-order valence-corrected chi connectivity index (χ2v) is 9.92.